The summed E-state index contributed by atoms with van der Waals surface area (Å²) >= 11 is 0. The van der Waals surface area contributed by atoms with Crippen LogP contribution >= 0.6 is 0 Å². The molecule has 0 spiro atoms. The molecule has 1 unspecified atom stereocenters. The Hall–Kier alpha value is -1.58. The van der Waals surface area contributed by atoms with Crippen molar-refractivity contribution in [1.29, 1.82) is 0 Å². The molecule has 1 aromatic heterocycles. The van der Waals surface area contributed by atoms with E-state index in [1.54, 1.807) is 6.20 Å². The largest absolute Gasteiger partial charge is 0.370 e. The molecule has 4 nitrogen and oxygen atoms in total. The maximum Gasteiger partial charge on any atom is 0.254 e. The third-order valence-corrected chi connectivity index (χ3v) is 4.17. The Morgan fingerprint density at radius 3 is 3.00 bits per heavy atom. The van der Waals surface area contributed by atoms with E-state index in [0.29, 0.717) is 6.04 Å². The van der Waals surface area contributed by atoms with Crippen molar-refractivity contribution in [2.24, 2.45) is 0 Å². The van der Waals surface area contributed by atoms with Gasteiger partial charge in [0.25, 0.3) is 5.91 Å². The fourth-order valence-corrected chi connectivity index (χ4v) is 2.95. The van der Waals surface area contributed by atoms with E-state index in [2.05, 4.69) is 29.0 Å². The molecule has 1 aliphatic heterocycles. The molecular weight excluding hydrogens is 262 g/mol. The summed E-state index contributed by atoms with van der Waals surface area (Å²) in [5.74, 6) is 0.955. The minimum Gasteiger partial charge on any atom is -0.370 e. The molecule has 0 radical (unpaired) electrons. The lowest BCUT2D eigenvalue weighted by molar-refractivity contribution is 0.0678. The van der Waals surface area contributed by atoms with Gasteiger partial charge in [-0.2, -0.15) is 0 Å². The number of carbonyl (C=O) groups excluding carboxylic acids is 1. The van der Waals surface area contributed by atoms with Gasteiger partial charge in [-0.05, 0) is 37.8 Å². The maximum absolute atomic E-state index is 12.8. The van der Waals surface area contributed by atoms with Gasteiger partial charge in [-0.25, -0.2) is 4.98 Å². The molecule has 0 saturated carbocycles. The molecule has 1 aromatic rings. The number of carbonyl (C=O) groups is 1. The summed E-state index contributed by atoms with van der Waals surface area (Å²) in [4.78, 5) is 19.2. The summed E-state index contributed by atoms with van der Waals surface area (Å²) in [6.45, 7) is 6.06. The standard InChI is InChI=1S/C17H27N3O/c1-3-10-18-16-13-14(9-11-19-16)17(21)20-12-7-5-6-8-15(20)4-2/h9,11,13,15H,3-8,10,12H2,1-2H3,(H,18,19). The van der Waals surface area contributed by atoms with Crippen LogP contribution in [0, 0.1) is 0 Å². The molecule has 21 heavy (non-hydrogen) atoms. The van der Waals surface area contributed by atoms with E-state index < -0.39 is 0 Å². The smallest absolute Gasteiger partial charge is 0.254 e. The number of likely N-dealkylation sites (tertiary alicyclic amines) is 1. The second-order valence-corrected chi connectivity index (χ2v) is 5.77. The minimum atomic E-state index is 0.158. The second kappa shape index (κ2) is 8.01. The summed E-state index contributed by atoms with van der Waals surface area (Å²) < 4.78 is 0. The molecule has 1 fully saturated rings. The van der Waals surface area contributed by atoms with Crippen molar-refractivity contribution in [1.82, 2.24) is 9.88 Å². The first kappa shape index (κ1) is 15.8. The van der Waals surface area contributed by atoms with E-state index in [1.807, 2.05) is 12.1 Å². The molecule has 0 bridgehead atoms. The Morgan fingerprint density at radius 2 is 2.24 bits per heavy atom. The number of aromatic nitrogens is 1. The average molecular weight is 289 g/mol. The molecule has 1 atom stereocenters. The number of hydrogen-bond donors (Lipinski definition) is 1. The van der Waals surface area contributed by atoms with E-state index >= 15 is 0 Å². The Balaban J connectivity index is 2.13. The number of anilines is 1. The van der Waals surface area contributed by atoms with Crippen molar-refractivity contribution in [2.45, 2.75) is 58.4 Å². The van der Waals surface area contributed by atoms with Gasteiger partial charge in [-0.15, -0.1) is 0 Å². The zero-order valence-electron chi connectivity index (χ0n) is 13.3. The van der Waals surface area contributed by atoms with Crippen LogP contribution in [0.15, 0.2) is 18.3 Å². The zero-order chi connectivity index (χ0) is 15.1. The molecule has 1 amide bonds. The van der Waals surface area contributed by atoms with E-state index in [4.69, 9.17) is 0 Å². The van der Waals surface area contributed by atoms with Gasteiger partial charge in [0.2, 0.25) is 0 Å². The van der Waals surface area contributed by atoms with Gasteiger partial charge in [-0.3, -0.25) is 4.79 Å². The predicted octanol–water partition coefficient (Wildman–Crippen LogP) is 3.70. The zero-order valence-corrected chi connectivity index (χ0v) is 13.3. The molecule has 2 heterocycles. The van der Waals surface area contributed by atoms with Crippen LogP contribution in [0.5, 0.6) is 0 Å². The number of amides is 1. The van der Waals surface area contributed by atoms with Crippen LogP contribution in [-0.2, 0) is 0 Å². The van der Waals surface area contributed by atoms with E-state index in [-0.39, 0.29) is 5.91 Å². The fourth-order valence-electron chi connectivity index (χ4n) is 2.95. The SMILES string of the molecule is CCCNc1cc(C(=O)N2CCCCCC2CC)ccn1. The van der Waals surface area contributed by atoms with Gasteiger partial charge in [-0.1, -0.05) is 26.7 Å². The normalized spacial score (nSPS) is 19.1. The summed E-state index contributed by atoms with van der Waals surface area (Å²) in [5, 5.41) is 3.25. The van der Waals surface area contributed by atoms with Crippen molar-refractivity contribution in [3.8, 4) is 0 Å². The fraction of sp³-hybridized carbons (Fsp3) is 0.647. The number of hydrogen-bond acceptors (Lipinski definition) is 3. The highest BCUT2D eigenvalue weighted by Crippen LogP contribution is 2.22. The highest BCUT2D eigenvalue weighted by Gasteiger charge is 2.25. The lowest BCUT2D eigenvalue weighted by Crippen LogP contribution is -2.39. The quantitative estimate of drug-likeness (QED) is 0.899. The number of nitrogens with one attached hydrogen (secondary N) is 1. The summed E-state index contributed by atoms with van der Waals surface area (Å²) in [7, 11) is 0. The molecule has 1 saturated heterocycles. The van der Waals surface area contributed by atoms with E-state index in [1.165, 1.54) is 12.8 Å². The minimum absolute atomic E-state index is 0.158. The van der Waals surface area contributed by atoms with Crippen molar-refractivity contribution in [3.63, 3.8) is 0 Å². The Bertz CT molecular complexity index is 461. The lowest BCUT2D eigenvalue weighted by Gasteiger charge is -2.29. The number of nitrogens with zero attached hydrogens (tertiary/aromatic N) is 2. The molecule has 1 aliphatic rings. The Labute approximate surface area is 127 Å². The topological polar surface area (TPSA) is 45.2 Å². The molecule has 1 N–H and O–H groups in total. The van der Waals surface area contributed by atoms with Gasteiger partial charge < -0.3 is 10.2 Å². The predicted molar refractivity (Wildman–Crippen MR) is 86.6 cm³/mol. The van der Waals surface area contributed by atoms with Gasteiger partial charge in [0, 0.05) is 30.9 Å². The molecule has 2 rings (SSSR count). The number of pyridine rings is 1. The average Bonchev–Trinajstić information content (AvgIpc) is 2.77. The van der Waals surface area contributed by atoms with Crippen molar-refractivity contribution < 1.29 is 4.79 Å². The van der Waals surface area contributed by atoms with Crippen LogP contribution < -0.4 is 5.32 Å². The first-order valence-electron chi connectivity index (χ1n) is 8.27. The van der Waals surface area contributed by atoms with Crippen molar-refractivity contribution in [3.05, 3.63) is 23.9 Å². The second-order valence-electron chi connectivity index (χ2n) is 5.77. The highest BCUT2D eigenvalue weighted by molar-refractivity contribution is 5.95. The van der Waals surface area contributed by atoms with E-state index in [0.717, 1.165) is 50.2 Å². The summed E-state index contributed by atoms with van der Waals surface area (Å²) in [6, 6.07) is 4.10. The monoisotopic (exact) mass is 289 g/mol. The van der Waals surface area contributed by atoms with Crippen LogP contribution in [0.3, 0.4) is 0 Å². The third-order valence-electron chi connectivity index (χ3n) is 4.17. The maximum atomic E-state index is 12.8. The van der Waals surface area contributed by atoms with Gasteiger partial charge in [0.05, 0.1) is 0 Å². The molecule has 0 aromatic carbocycles. The third kappa shape index (κ3) is 4.19. The van der Waals surface area contributed by atoms with Crippen LogP contribution in [-0.4, -0.2) is 34.9 Å². The Kier molecular flexibility index (Phi) is 6.03. The molecule has 116 valence electrons. The number of rotatable bonds is 5. The van der Waals surface area contributed by atoms with Crippen molar-refractivity contribution in [2.75, 3.05) is 18.4 Å². The summed E-state index contributed by atoms with van der Waals surface area (Å²) in [5.41, 5.74) is 0.754. The van der Waals surface area contributed by atoms with E-state index in [9.17, 15) is 4.79 Å². The molecule has 4 heteroatoms. The van der Waals surface area contributed by atoms with Gasteiger partial charge in [0.1, 0.15) is 5.82 Å². The van der Waals surface area contributed by atoms with Crippen LogP contribution in [0.1, 0.15) is 62.7 Å². The highest BCUT2D eigenvalue weighted by atomic mass is 16.2. The first-order valence-corrected chi connectivity index (χ1v) is 8.27. The first-order chi connectivity index (χ1) is 10.3. The van der Waals surface area contributed by atoms with Gasteiger partial charge >= 0.3 is 0 Å². The van der Waals surface area contributed by atoms with Crippen LogP contribution in [0.25, 0.3) is 0 Å². The molecule has 0 aliphatic carbocycles. The van der Waals surface area contributed by atoms with Crippen LogP contribution in [0.4, 0.5) is 5.82 Å². The lowest BCUT2D eigenvalue weighted by atomic mass is 10.1. The molecular formula is C17H27N3O. The van der Waals surface area contributed by atoms with Crippen LogP contribution in [0.2, 0.25) is 0 Å². The Morgan fingerprint density at radius 1 is 1.38 bits per heavy atom. The van der Waals surface area contributed by atoms with Gasteiger partial charge in [0.15, 0.2) is 0 Å². The summed E-state index contributed by atoms with van der Waals surface area (Å²) in [6.07, 6.45) is 8.54. The van der Waals surface area contributed by atoms with Crippen molar-refractivity contribution >= 4 is 11.7 Å².